The van der Waals surface area contributed by atoms with Gasteiger partial charge in [-0.1, -0.05) is 74.2 Å². The molecular weight excluding hydrogens is 1250 g/mol. The number of fused-ring (bicyclic) bond motifs is 5. The number of hydrogen-bond donors (Lipinski definition) is 7. The number of ether oxygens (including phenoxy) is 6. The summed E-state index contributed by atoms with van der Waals surface area (Å²) in [4.78, 5) is 121. The van der Waals surface area contributed by atoms with Crippen molar-refractivity contribution in [3.05, 3.63) is 76.3 Å². The monoisotopic (exact) mass is 1320 g/mol. The van der Waals surface area contributed by atoms with Crippen molar-refractivity contribution in [1.82, 2.24) is 26.2 Å². The van der Waals surface area contributed by atoms with Gasteiger partial charge in [-0.15, -0.1) is 0 Å². The molecule has 3 aliphatic rings. The van der Waals surface area contributed by atoms with Crippen LogP contribution in [0.1, 0.15) is 95.0 Å². The van der Waals surface area contributed by atoms with Gasteiger partial charge in [-0.3, -0.25) is 34.1 Å². The highest BCUT2D eigenvalue weighted by atomic mass is 79.9. The van der Waals surface area contributed by atoms with E-state index in [1.165, 1.54) is 64.4 Å². The third-order valence-electron chi connectivity index (χ3n) is 14.9. The van der Waals surface area contributed by atoms with Gasteiger partial charge in [0.25, 0.3) is 5.91 Å². The molecule has 8 amide bonds. The van der Waals surface area contributed by atoms with E-state index in [0.717, 1.165) is 16.0 Å². The van der Waals surface area contributed by atoms with Crippen LogP contribution in [-0.4, -0.2) is 170 Å². The highest BCUT2D eigenvalue weighted by Gasteiger charge is 2.64. The van der Waals surface area contributed by atoms with Crippen molar-refractivity contribution in [3.8, 4) is 5.75 Å². The number of primary amides is 1. The number of aliphatic hydroxyl groups is 1. The summed E-state index contributed by atoms with van der Waals surface area (Å²) in [6.07, 6.45) is 2.14. The number of carbonyl (C=O) groups is 9. The van der Waals surface area contributed by atoms with E-state index in [1.54, 1.807) is 38.1 Å². The molecule has 27 heteroatoms. The van der Waals surface area contributed by atoms with Gasteiger partial charge in [0.05, 0.1) is 44.4 Å². The molecule has 2 saturated heterocycles. The highest BCUT2D eigenvalue weighted by molar-refractivity contribution is 9.09. The van der Waals surface area contributed by atoms with Gasteiger partial charge in [-0.2, -0.15) is 0 Å². The van der Waals surface area contributed by atoms with Gasteiger partial charge in [-0.05, 0) is 101 Å². The normalized spacial score (nSPS) is 24.0. The van der Waals surface area contributed by atoms with Crippen molar-refractivity contribution < 1.29 is 76.7 Å². The number of alkyl halides is 2. The van der Waals surface area contributed by atoms with Crippen LogP contribution in [0.15, 0.2) is 60.2 Å². The van der Waals surface area contributed by atoms with E-state index in [9.17, 15) is 48.3 Å². The van der Waals surface area contributed by atoms with Crippen LogP contribution in [0, 0.1) is 11.8 Å². The molecular formula is C57H77Br2ClN8O16. The third kappa shape index (κ3) is 18.8. The van der Waals surface area contributed by atoms with E-state index in [-0.39, 0.29) is 72.9 Å². The number of allylic oxidation sites excluding steroid dienone is 3. The summed E-state index contributed by atoms with van der Waals surface area (Å²) in [7, 11) is 5.77. The second kappa shape index (κ2) is 31.7. The van der Waals surface area contributed by atoms with Gasteiger partial charge in [0.15, 0.2) is 5.72 Å². The van der Waals surface area contributed by atoms with Gasteiger partial charge in [0, 0.05) is 68.4 Å². The molecule has 462 valence electrons. The molecule has 24 nitrogen and oxygen atoms in total. The maximum absolute atomic E-state index is 14.5. The van der Waals surface area contributed by atoms with Crippen molar-refractivity contribution in [2.45, 2.75) is 133 Å². The molecule has 0 saturated carbocycles. The van der Waals surface area contributed by atoms with E-state index >= 15 is 0 Å². The molecule has 0 spiro atoms. The first kappa shape index (κ1) is 68.5. The number of rotatable bonds is 24. The molecule has 2 aromatic carbocycles. The summed E-state index contributed by atoms with van der Waals surface area (Å²) < 4.78 is 34.8. The van der Waals surface area contributed by atoms with Crippen LogP contribution in [0.5, 0.6) is 5.75 Å². The highest BCUT2D eigenvalue weighted by Crippen LogP contribution is 2.49. The van der Waals surface area contributed by atoms with Crippen molar-refractivity contribution in [2.24, 2.45) is 17.6 Å². The Morgan fingerprint density at radius 1 is 1.00 bits per heavy atom. The molecule has 0 aromatic heterocycles. The number of methoxy groups -OCH3 is 2. The second-order valence-electron chi connectivity index (χ2n) is 21.2. The summed E-state index contributed by atoms with van der Waals surface area (Å²) in [5.41, 5.74) is 4.22. The number of alkyl carbamates (subject to hydrolysis) is 1. The van der Waals surface area contributed by atoms with Gasteiger partial charge in [0.2, 0.25) is 23.6 Å². The molecule has 3 heterocycles. The Hall–Kier alpha value is -6.32. The molecule has 84 heavy (non-hydrogen) atoms. The minimum absolute atomic E-state index is 0.0644. The fourth-order valence-corrected chi connectivity index (χ4v) is 11.5. The predicted molar refractivity (Wildman–Crippen MR) is 318 cm³/mol. The average molecular weight is 1330 g/mol. The number of benzene rings is 2. The Balaban J connectivity index is 1.27. The molecule has 2 aromatic rings. The number of urea groups is 1. The van der Waals surface area contributed by atoms with Gasteiger partial charge < -0.3 is 70.3 Å². The van der Waals surface area contributed by atoms with Gasteiger partial charge in [0.1, 0.15) is 46.8 Å². The second-order valence-corrected chi connectivity index (χ2v) is 22.9. The fraction of sp³-hybridized carbons (Fsp3) is 0.561. The number of amides is 8. The van der Waals surface area contributed by atoms with Crippen LogP contribution in [0.2, 0.25) is 5.02 Å². The lowest BCUT2D eigenvalue weighted by Gasteiger charge is -2.42. The van der Waals surface area contributed by atoms with Crippen LogP contribution in [-0.2, 0) is 58.9 Å². The zero-order valence-electron chi connectivity index (χ0n) is 48.4. The fourth-order valence-electron chi connectivity index (χ4n) is 9.63. The summed E-state index contributed by atoms with van der Waals surface area (Å²) in [6, 6.07) is 6.09. The number of unbranched alkanes of at least 4 members (excludes halogenated alkanes) is 2. The first-order valence-corrected chi connectivity index (χ1v) is 30.1. The SMILES string of the molecule is COc1cc2cc(c1Cl)N(C)C(=O)C[C@H](OC(=O)[C@H](C)N(C)C(=O)c1ccc(NC(=O)C(CCCNC(N)=O)NC(=O)CNC(=O)CCCCCOC(=O)C(CBr)CBr)cc1)[C@]1(C)OC1[C@H](C)C1C[C@@](O)(NC(=O)O1)[C@H](OC)/C=C/C=C(\C)C2. The standard InChI is InChI=1S/C57H77Br2ClN8O16/c1-32-14-12-16-43(80-8)57(78)28-42(82-55(77)66-57)33(2)49-56(4,84-49)44(27-47(71)68(6)40-25-35(24-32)26-41(79-7)48(40)60)83-52(74)34(3)67(5)51(73)36-18-20-38(21-19-36)64-50(72)39(15-13-22-62-54(61)76)65-46(70)31-63-45(69)17-10-9-11-23-81-53(75)37(29-58)30-59/h12,14,16,18-21,25-26,33-34,37,39,42-44,49,78H,9-11,13,15,17,22-24,27-31H2,1-8H3,(H,63,69)(H,64,72)(H,65,70)(H,66,77)(H3,61,62,76)/b16-12+,32-14+/t33-,34+,39?,42?,43-,44+,49?,56+,57+/m1/s1. The van der Waals surface area contributed by atoms with E-state index in [0.29, 0.717) is 47.8 Å². The van der Waals surface area contributed by atoms with Crippen LogP contribution < -0.4 is 42.0 Å². The molecule has 9 atom stereocenters. The minimum atomic E-state index is -1.91. The quantitative estimate of drug-likeness (QED) is 0.0230. The Labute approximate surface area is 510 Å². The number of anilines is 2. The summed E-state index contributed by atoms with van der Waals surface area (Å²) in [6.45, 7) is 6.64. The third-order valence-corrected chi connectivity index (χ3v) is 16.9. The Morgan fingerprint density at radius 2 is 1.70 bits per heavy atom. The van der Waals surface area contributed by atoms with E-state index in [1.807, 2.05) is 13.0 Å². The average Bonchev–Trinajstić information content (AvgIpc) is 1.77. The zero-order chi connectivity index (χ0) is 62.1. The summed E-state index contributed by atoms with van der Waals surface area (Å²) in [5.74, 6) is -4.65. The molecule has 8 N–H and O–H groups in total. The largest absolute Gasteiger partial charge is 0.495 e. The molecule has 5 rings (SSSR count). The number of epoxide rings is 1. The van der Waals surface area contributed by atoms with Gasteiger partial charge in [-0.25, -0.2) is 14.4 Å². The van der Waals surface area contributed by atoms with Crippen LogP contribution in [0.4, 0.5) is 21.0 Å². The van der Waals surface area contributed by atoms with Crippen molar-refractivity contribution in [3.63, 3.8) is 0 Å². The molecule has 2 fully saturated rings. The number of likely N-dealkylation sites (N-methyl/N-ethyl adjacent to an activating group) is 1. The number of esters is 2. The number of nitrogens with one attached hydrogen (secondary N) is 5. The maximum Gasteiger partial charge on any atom is 0.409 e. The molecule has 4 bridgehead atoms. The number of hydrogen-bond acceptors (Lipinski definition) is 16. The van der Waals surface area contributed by atoms with E-state index in [2.05, 4.69) is 58.4 Å². The number of halogens is 3. The van der Waals surface area contributed by atoms with E-state index in [4.69, 9.17) is 45.8 Å². The van der Waals surface area contributed by atoms with Crippen LogP contribution in [0.3, 0.4) is 0 Å². The van der Waals surface area contributed by atoms with Crippen LogP contribution >= 0.6 is 43.5 Å². The van der Waals surface area contributed by atoms with Crippen molar-refractivity contribution in [2.75, 3.05) is 68.9 Å². The first-order valence-electron chi connectivity index (χ1n) is 27.4. The van der Waals surface area contributed by atoms with Gasteiger partial charge >= 0.3 is 24.1 Å². The summed E-state index contributed by atoms with van der Waals surface area (Å²) >= 11 is 13.4. The number of carbonyl (C=O) groups excluding carboxylic acids is 9. The Kier molecular flexibility index (Phi) is 25.8. The lowest BCUT2D eigenvalue weighted by atomic mass is 9.83. The molecule has 0 radical (unpaired) electrons. The summed E-state index contributed by atoms with van der Waals surface area (Å²) in [5, 5.41) is 25.8. The molecule has 3 unspecified atom stereocenters. The van der Waals surface area contributed by atoms with E-state index < -0.39 is 108 Å². The Bertz CT molecular complexity index is 2770. The molecule has 3 aliphatic heterocycles. The smallest absolute Gasteiger partial charge is 0.409 e. The Morgan fingerprint density at radius 3 is 2.36 bits per heavy atom. The first-order chi connectivity index (χ1) is 39.8. The number of nitrogens with two attached hydrogens (primary N) is 1. The van der Waals surface area contributed by atoms with Crippen molar-refractivity contribution in [1.29, 1.82) is 0 Å². The van der Waals surface area contributed by atoms with Crippen LogP contribution in [0.25, 0.3) is 0 Å². The predicted octanol–water partition coefficient (Wildman–Crippen LogP) is 5.33. The topological polar surface area (TPSA) is 325 Å². The lowest BCUT2D eigenvalue weighted by Crippen LogP contribution is -2.63. The molecule has 0 aliphatic carbocycles. The maximum atomic E-state index is 14.5. The zero-order valence-corrected chi connectivity index (χ0v) is 52.3. The minimum Gasteiger partial charge on any atom is -0.495 e. The lowest BCUT2D eigenvalue weighted by molar-refractivity contribution is -0.158. The van der Waals surface area contributed by atoms with Crippen molar-refractivity contribution >= 4 is 108 Å². The number of nitrogens with zero attached hydrogens (tertiary/aromatic N) is 2.